The number of hydroxylamine groups is 2. The zero-order valence-corrected chi connectivity index (χ0v) is 17.3. The van der Waals surface area contributed by atoms with E-state index in [1.165, 1.54) is 0 Å². The fourth-order valence-electron chi connectivity index (χ4n) is 4.11. The molecule has 0 aliphatic carbocycles. The Hall–Kier alpha value is -1.47. The number of hydrogen-bond acceptors (Lipinski definition) is 6. The molecule has 6 nitrogen and oxygen atoms in total. The highest BCUT2D eigenvalue weighted by molar-refractivity contribution is 5.76. The summed E-state index contributed by atoms with van der Waals surface area (Å²) in [5.74, 6) is -0.680. The number of esters is 1. The van der Waals surface area contributed by atoms with E-state index in [1.807, 2.05) is 31.9 Å². The molecule has 152 valence electrons. The van der Waals surface area contributed by atoms with Gasteiger partial charge in [-0.25, -0.2) is 4.79 Å². The van der Waals surface area contributed by atoms with Crippen LogP contribution in [0.25, 0.3) is 0 Å². The van der Waals surface area contributed by atoms with Gasteiger partial charge in [0.15, 0.2) is 6.10 Å². The highest BCUT2D eigenvalue weighted by Crippen LogP contribution is 2.41. The van der Waals surface area contributed by atoms with Crippen LogP contribution in [0.15, 0.2) is 30.3 Å². The van der Waals surface area contributed by atoms with Gasteiger partial charge in [0, 0.05) is 12.1 Å². The van der Waals surface area contributed by atoms with E-state index in [2.05, 4.69) is 13.8 Å². The molecular formula is C21H33NO5. The lowest BCUT2D eigenvalue weighted by atomic mass is 9.77. The van der Waals surface area contributed by atoms with Crippen molar-refractivity contribution >= 4 is 5.97 Å². The van der Waals surface area contributed by atoms with Gasteiger partial charge in [-0.05, 0) is 46.1 Å². The van der Waals surface area contributed by atoms with E-state index in [0.717, 1.165) is 6.42 Å². The molecule has 3 atom stereocenters. The topological polar surface area (TPSA) is 68.2 Å². The van der Waals surface area contributed by atoms with E-state index in [9.17, 15) is 9.90 Å². The normalized spacial score (nSPS) is 25.7. The number of ether oxygens (including phenoxy) is 2. The minimum absolute atomic E-state index is 0.284. The number of hydrogen-bond donors (Lipinski definition) is 1. The van der Waals surface area contributed by atoms with E-state index >= 15 is 0 Å². The van der Waals surface area contributed by atoms with E-state index in [-0.39, 0.29) is 11.6 Å². The van der Waals surface area contributed by atoms with Crippen molar-refractivity contribution in [1.29, 1.82) is 0 Å². The standard InChI is InChI=1S/C21H33NO5/c1-7-13-26-16-14-20(2,3)22(25-6)21(4,5)18(16)27-19(24)17(23)15-11-9-8-10-12-15/h8-12,16-18,23H,7,13-14H2,1-6H3. The first kappa shape index (κ1) is 21.8. The quantitative estimate of drug-likeness (QED) is 0.734. The molecule has 1 aliphatic heterocycles. The Labute approximate surface area is 162 Å². The van der Waals surface area contributed by atoms with Crippen molar-refractivity contribution < 1.29 is 24.2 Å². The average molecular weight is 379 g/mol. The van der Waals surface area contributed by atoms with Crippen molar-refractivity contribution in [2.45, 2.75) is 76.9 Å². The summed E-state index contributed by atoms with van der Waals surface area (Å²) >= 11 is 0. The molecule has 1 fully saturated rings. The Morgan fingerprint density at radius 2 is 1.89 bits per heavy atom. The third-order valence-corrected chi connectivity index (χ3v) is 5.11. The number of aliphatic hydroxyl groups excluding tert-OH is 1. The van der Waals surface area contributed by atoms with Crippen LogP contribution in [0.4, 0.5) is 0 Å². The van der Waals surface area contributed by atoms with Gasteiger partial charge in [0.2, 0.25) is 0 Å². The number of carbonyl (C=O) groups excluding carboxylic acids is 1. The van der Waals surface area contributed by atoms with E-state index in [0.29, 0.717) is 18.6 Å². The van der Waals surface area contributed by atoms with E-state index in [1.54, 1.807) is 31.4 Å². The van der Waals surface area contributed by atoms with Gasteiger partial charge in [-0.2, -0.15) is 5.06 Å². The van der Waals surface area contributed by atoms with Crippen molar-refractivity contribution in [3.8, 4) is 0 Å². The van der Waals surface area contributed by atoms with Crippen molar-refractivity contribution in [3.63, 3.8) is 0 Å². The number of aliphatic hydroxyl groups is 1. The molecule has 1 aromatic rings. The van der Waals surface area contributed by atoms with Crippen LogP contribution in [0.1, 0.15) is 59.1 Å². The van der Waals surface area contributed by atoms with Gasteiger partial charge in [0.05, 0.1) is 18.8 Å². The molecule has 0 radical (unpaired) electrons. The number of carbonyl (C=O) groups is 1. The summed E-state index contributed by atoms with van der Waals surface area (Å²) in [5, 5.41) is 12.3. The van der Waals surface area contributed by atoms with Gasteiger partial charge in [-0.3, -0.25) is 0 Å². The third kappa shape index (κ3) is 4.69. The van der Waals surface area contributed by atoms with E-state index in [4.69, 9.17) is 14.3 Å². The number of piperidine rings is 1. The van der Waals surface area contributed by atoms with Gasteiger partial charge in [-0.15, -0.1) is 0 Å². The maximum atomic E-state index is 12.7. The summed E-state index contributed by atoms with van der Waals surface area (Å²) in [5.41, 5.74) is -0.426. The Balaban J connectivity index is 2.26. The molecule has 0 aromatic heterocycles. The second-order valence-electron chi connectivity index (χ2n) is 8.23. The van der Waals surface area contributed by atoms with Gasteiger partial charge >= 0.3 is 5.97 Å². The lowest BCUT2D eigenvalue weighted by molar-refractivity contribution is -0.312. The molecule has 1 aromatic carbocycles. The first-order valence-electron chi connectivity index (χ1n) is 9.54. The highest BCUT2D eigenvalue weighted by Gasteiger charge is 2.55. The smallest absolute Gasteiger partial charge is 0.340 e. The fourth-order valence-corrected chi connectivity index (χ4v) is 4.11. The molecular weight excluding hydrogens is 346 g/mol. The maximum Gasteiger partial charge on any atom is 0.340 e. The van der Waals surface area contributed by atoms with Crippen molar-refractivity contribution in [3.05, 3.63) is 35.9 Å². The van der Waals surface area contributed by atoms with E-state index < -0.39 is 23.7 Å². The summed E-state index contributed by atoms with van der Waals surface area (Å²) in [6.45, 7) is 10.7. The maximum absolute atomic E-state index is 12.7. The first-order chi connectivity index (χ1) is 12.6. The summed E-state index contributed by atoms with van der Waals surface area (Å²) < 4.78 is 11.9. The Morgan fingerprint density at radius 3 is 2.44 bits per heavy atom. The number of rotatable bonds is 7. The van der Waals surface area contributed by atoms with Crippen LogP contribution in [-0.2, 0) is 19.1 Å². The van der Waals surface area contributed by atoms with Crippen molar-refractivity contribution in [2.75, 3.05) is 13.7 Å². The lowest BCUT2D eigenvalue weighted by Crippen LogP contribution is -2.69. The molecule has 2 rings (SSSR count). The monoisotopic (exact) mass is 379 g/mol. The van der Waals surface area contributed by atoms with Gasteiger partial charge in [0.1, 0.15) is 6.10 Å². The molecule has 6 heteroatoms. The van der Waals surface area contributed by atoms with Crippen LogP contribution in [0.2, 0.25) is 0 Å². The van der Waals surface area contributed by atoms with Crippen LogP contribution in [0, 0.1) is 0 Å². The van der Waals surface area contributed by atoms with Gasteiger partial charge in [-0.1, -0.05) is 37.3 Å². The number of benzene rings is 1. The van der Waals surface area contributed by atoms with Crippen molar-refractivity contribution in [1.82, 2.24) is 5.06 Å². The van der Waals surface area contributed by atoms with Crippen LogP contribution in [-0.4, -0.2) is 53.1 Å². The molecule has 27 heavy (non-hydrogen) atoms. The molecule has 0 amide bonds. The Morgan fingerprint density at radius 1 is 1.26 bits per heavy atom. The second-order valence-corrected chi connectivity index (χ2v) is 8.23. The zero-order valence-electron chi connectivity index (χ0n) is 17.3. The molecule has 3 unspecified atom stereocenters. The van der Waals surface area contributed by atoms with Crippen LogP contribution in [0.5, 0.6) is 0 Å². The molecule has 0 bridgehead atoms. The molecule has 1 heterocycles. The molecule has 0 spiro atoms. The van der Waals surface area contributed by atoms with Gasteiger partial charge < -0.3 is 19.4 Å². The highest BCUT2D eigenvalue weighted by atomic mass is 16.7. The predicted molar refractivity (Wildman–Crippen MR) is 103 cm³/mol. The predicted octanol–water partition coefficient (Wildman–Crippen LogP) is 3.25. The summed E-state index contributed by atoms with van der Waals surface area (Å²) in [6, 6.07) is 8.79. The van der Waals surface area contributed by atoms with Crippen molar-refractivity contribution in [2.24, 2.45) is 0 Å². The minimum Gasteiger partial charge on any atom is -0.455 e. The van der Waals surface area contributed by atoms with Crippen LogP contribution in [0.3, 0.4) is 0 Å². The summed E-state index contributed by atoms with van der Waals surface area (Å²) in [6.07, 6.45) is -0.682. The largest absolute Gasteiger partial charge is 0.455 e. The molecule has 1 saturated heterocycles. The Kier molecular flexibility index (Phi) is 7.03. The Bertz CT molecular complexity index is 616. The molecule has 0 saturated carbocycles. The number of nitrogens with zero attached hydrogens (tertiary/aromatic N) is 1. The van der Waals surface area contributed by atoms with Crippen LogP contribution >= 0.6 is 0 Å². The lowest BCUT2D eigenvalue weighted by Gasteiger charge is -2.56. The molecule has 1 aliphatic rings. The average Bonchev–Trinajstić information content (AvgIpc) is 2.62. The van der Waals surface area contributed by atoms with Crippen LogP contribution < -0.4 is 0 Å². The zero-order chi connectivity index (χ0) is 20.2. The first-order valence-corrected chi connectivity index (χ1v) is 9.54. The minimum atomic E-state index is -1.33. The third-order valence-electron chi connectivity index (χ3n) is 5.11. The summed E-state index contributed by atoms with van der Waals surface area (Å²) in [7, 11) is 1.62. The SMILES string of the molecule is CCCOC1CC(C)(C)N(OC)C(C)(C)C1OC(=O)C(O)c1ccccc1. The second kappa shape index (κ2) is 8.69. The van der Waals surface area contributed by atoms with Gasteiger partial charge in [0.25, 0.3) is 0 Å². The molecule has 1 N–H and O–H groups in total. The summed E-state index contributed by atoms with van der Waals surface area (Å²) in [4.78, 5) is 18.3. The fraction of sp³-hybridized carbons (Fsp3) is 0.667.